The molecule has 4 unspecified atom stereocenters. The Kier molecular flexibility index (Phi) is 4.76. The van der Waals surface area contributed by atoms with Crippen molar-refractivity contribution in [3.63, 3.8) is 0 Å². The lowest BCUT2D eigenvalue weighted by atomic mass is 9.99. The summed E-state index contributed by atoms with van der Waals surface area (Å²) in [6.45, 7) is 0.559. The minimum atomic E-state index is -1.71. The molecular weight excluding hydrogens is 178 g/mol. The van der Waals surface area contributed by atoms with Crippen molar-refractivity contribution in [2.45, 2.75) is 31.0 Å². The van der Waals surface area contributed by atoms with E-state index >= 15 is 0 Å². The minimum Gasteiger partial charge on any atom is -0.394 e. The molecule has 4 atom stereocenters. The van der Waals surface area contributed by atoms with Crippen LogP contribution < -0.4 is 5.32 Å². The van der Waals surface area contributed by atoms with Gasteiger partial charge in [-0.1, -0.05) is 0 Å². The Morgan fingerprint density at radius 2 is 1.77 bits per heavy atom. The molecule has 6 N–H and O–H groups in total. The fourth-order valence-electron chi connectivity index (χ4n) is 0.799. The fraction of sp³-hybridized carbons (Fsp3) is 1.00. The quantitative estimate of drug-likeness (QED) is 0.260. The van der Waals surface area contributed by atoms with Crippen LogP contribution in [0.15, 0.2) is 0 Å². The highest BCUT2D eigenvalue weighted by Gasteiger charge is 2.37. The van der Waals surface area contributed by atoms with E-state index in [-0.39, 0.29) is 0 Å². The van der Waals surface area contributed by atoms with Crippen LogP contribution in [0.4, 0.5) is 0 Å². The highest BCUT2D eigenvalue weighted by Crippen LogP contribution is 2.11. The molecule has 0 aliphatic heterocycles. The maximum atomic E-state index is 9.39. The largest absolute Gasteiger partial charge is 0.394 e. The van der Waals surface area contributed by atoms with Gasteiger partial charge in [-0.3, -0.25) is 5.32 Å². The minimum absolute atomic E-state index is 0.683. The molecule has 0 heterocycles. The van der Waals surface area contributed by atoms with Crippen molar-refractivity contribution >= 4 is 0 Å². The second-order valence-electron chi connectivity index (χ2n) is 3.08. The Hall–Kier alpha value is -0.240. The van der Waals surface area contributed by atoms with Gasteiger partial charge in [0, 0.05) is 0 Å². The smallest absolute Gasteiger partial charge is 0.141 e. The van der Waals surface area contributed by atoms with Crippen LogP contribution in [0.2, 0.25) is 0 Å². The summed E-state index contributed by atoms with van der Waals surface area (Å²) in [7, 11) is 1.39. The molecule has 0 spiro atoms. The molecule has 80 valence electrons. The Bertz CT molecular complexity index is 152. The third-order valence-electron chi connectivity index (χ3n) is 1.99. The van der Waals surface area contributed by atoms with Crippen LogP contribution in [0.3, 0.4) is 0 Å². The number of rotatable bonds is 5. The third-order valence-corrected chi connectivity index (χ3v) is 1.99. The van der Waals surface area contributed by atoms with E-state index in [1.54, 1.807) is 0 Å². The Balaban J connectivity index is 4.32. The monoisotopic (exact) mass is 195 g/mol. The molecule has 0 aliphatic carbocycles. The van der Waals surface area contributed by atoms with Crippen molar-refractivity contribution in [2.75, 3.05) is 13.7 Å². The molecule has 0 aromatic rings. The molecule has 0 rings (SSSR count). The summed E-state index contributed by atoms with van der Waals surface area (Å²) < 4.78 is 0. The standard InChI is InChI=1S/C7H17NO5/c1-7(13,8-2)6(12)5(11)4(10)3-9/h4-6,8-13H,3H2,1-2H3. The van der Waals surface area contributed by atoms with Crippen LogP contribution in [0.25, 0.3) is 0 Å². The first-order chi connectivity index (χ1) is 5.86. The number of nitrogens with one attached hydrogen (secondary N) is 1. The van der Waals surface area contributed by atoms with Crippen LogP contribution >= 0.6 is 0 Å². The van der Waals surface area contributed by atoms with E-state index in [1.807, 2.05) is 0 Å². The van der Waals surface area contributed by atoms with E-state index in [0.29, 0.717) is 0 Å². The van der Waals surface area contributed by atoms with Crippen molar-refractivity contribution in [1.29, 1.82) is 0 Å². The van der Waals surface area contributed by atoms with Crippen molar-refractivity contribution in [2.24, 2.45) is 0 Å². The summed E-state index contributed by atoms with van der Waals surface area (Å²) in [5.41, 5.74) is -1.71. The average Bonchev–Trinajstić information content (AvgIpc) is 2.14. The van der Waals surface area contributed by atoms with Crippen LogP contribution in [0.1, 0.15) is 6.92 Å². The first-order valence-corrected chi connectivity index (χ1v) is 3.93. The zero-order valence-corrected chi connectivity index (χ0v) is 7.68. The SMILES string of the molecule is CNC(C)(O)C(O)C(O)C(O)CO. The fourth-order valence-corrected chi connectivity index (χ4v) is 0.799. The number of hydrogen-bond acceptors (Lipinski definition) is 6. The number of aliphatic hydroxyl groups is 5. The maximum Gasteiger partial charge on any atom is 0.141 e. The van der Waals surface area contributed by atoms with Crippen LogP contribution in [0, 0.1) is 0 Å². The maximum absolute atomic E-state index is 9.39. The first-order valence-electron chi connectivity index (χ1n) is 3.93. The van der Waals surface area contributed by atoms with Crippen molar-refractivity contribution in [1.82, 2.24) is 5.32 Å². The first kappa shape index (κ1) is 12.8. The molecule has 0 aliphatic rings. The van der Waals surface area contributed by atoms with E-state index in [0.717, 1.165) is 0 Å². The molecule has 0 radical (unpaired) electrons. The summed E-state index contributed by atoms with van der Waals surface area (Å²) >= 11 is 0. The van der Waals surface area contributed by atoms with Crippen molar-refractivity contribution in [3.05, 3.63) is 0 Å². The summed E-state index contributed by atoms with van der Waals surface area (Å²) in [6.07, 6.45) is -4.66. The van der Waals surface area contributed by atoms with Gasteiger partial charge in [0.25, 0.3) is 0 Å². The summed E-state index contributed by atoms with van der Waals surface area (Å²) in [6, 6.07) is 0. The van der Waals surface area contributed by atoms with E-state index in [2.05, 4.69) is 5.32 Å². The lowest BCUT2D eigenvalue weighted by molar-refractivity contribution is -0.161. The summed E-state index contributed by atoms with van der Waals surface area (Å²) in [5.74, 6) is 0. The zero-order chi connectivity index (χ0) is 10.6. The van der Waals surface area contributed by atoms with Gasteiger partial charge in [-0.05, 0) is 14.0 Å². The van der Waals surface area contributed by atoms with Gasteiger partial charge in [0.05, 0.1) is 6.61 Å². The van der Waals surface area contributed by atoms with E-state index in [4.69, 9.17) is 10.2 Å². The van der Waals surface area contributed by atoms with Gasteiger partial charge in [-0.15, -0.1) is 0 Å². The van der Waals surface area contributed by atoms with Gasteiger partial charge in [-0.25, -0.2) is 0 Å². The molecule has 0 saturated carbocycles. The van der Waals surface area contributed by atoms with Gasteiger partial charge in [0.1, 0.15) is 24.0 Å². The third kappa shape index (κ3) is 3.18. The molecule has 13 heavy (non-hydrogen) atoms. The van der Waals surface area contributed by atoms with Crippen molar-refractivity contribution < 1.29 is 25.5 Å². The summed E-state index contributed by atoms with van der Waals surface area (Å²) in [4.78, 5) is 0. The Labute approximate surface area is 76.4 Å². The van der Waals surface area contributed by atoms with Gasteiger partial charge >= 0.3 is 0 Å². The lowest BCUT2D eigenvalue weighted by Crippen LogP contribution is -2.58. The lowest BCUT2D eigenvalue weighted by Gasteiger charge is -2.33. The second-order valence-corrected chi connectivity index (χ2v) is 3.08. The highest BCUT2D eigenvalue weighted by atomic mass is 16.4. The van der Waals surface area contributed by atoms with Gasteiger partial charge in [0.15, 0.2) is 0 Å². The predicted molar refractivity (Wildman–Crippen MR) is 44.8 cm³/mol. The molecule has 6 nitrogen and oxygen atoms in total. The normalized spacial score (nSPS) is 23.3. The Morgan fingerprint density at radius 3 is 2.08 bits per heavy atom. The van der Waals surface area contributed by atoms with E-state index < -0.39 is 30.6 Å². The molecule has 0 amide bonds. The highest BCUT2D eigenvalue weighted by molar-refractivity contribution is 4.86. The number of aliphatic hydroxyl groups excluding tert-OH is 4. The van der Waals surface area contributed by atoms with E-state index in [9.17, 15) is 15.3 Å². The topological polar surface area (TPSA) is 113 Å². The number of likely N-dealkylation sites (N-methyl/N-ethyl adjacent to an activating group) is 1. The summed E-state index contributed by atoms with van der Waals surface area (Å²) in [5, 5.41) is 47.7. The van der Waals surface area contributed by atoms with E-state index in [1.165, 1.54) is 14.0 Å². The molecule has 0 aromatic carbocycles. The van der Waals surface area contributed by atoms with Gasteiger partial charge in [-0.2, -0.15) is 0 Å². The van der Waals surface area contributed by atoms with Crippen molar-refractivity contribution in [3.8, 4) is 0 Å². The predicted octanol–water partition coefficient (Wildman–Crippen LogP) is -3.01. The molecule has 0 fully saturated rings. The molecule has 6 heteroatoms. The average molecular weight is 195 g/mol. The molecular formula is C7H17NO5. The number of hydrogen-bond donors (Lipinski definition) is 6. The molecule has 0 saturated heterocycles. The van der Waals surface area contributed by atoms with Crippen LogP contribution in [0.5, 0.6) is 0 Å². The van der Waals surface area contributed by atoms with Gasteiger partial charge < -0.3 is 25.5 Å². The molecule has 0 aromatic heterocycles. The second kappa shape index (κ2) is 4.85. The Morgan fingerprint density at radius 1 is 1.31 bits per heavy atom. The van der Waals surface area contributed by atoms with Gasteiger partial charge in [0.2, 0.25) is 0 Å². The van der Waals surface area contributed by atoms with Crippen LogP contribution in [-0.2, 0) is 0 Å². The zero-order valence-electron chi connectivity index (χ0n) is 7.68. The van der Waals surface area contributed by atoms with Crippen LogP contribution in [-0.4, -0.2) is 63.2 Å². The molecule has 0 bridgehead atoms.